The fourth-order valence-corrected chi connectivity index (χ4v) is 7.72. The molecule has 2 aliphatic carbocycles. The van der Waals surface area contributed by atoms with Gasteiger partial charge in [0.05, 0.1) is 18.8 Å². The van der Waals surface area contributed by atoms with Crippen molar-refractivity contribution >= 4 is 10.2 Å². The summed E-state index contributed by atoms with van der Waals surface area (Å²) >= 11 is 0. The van der Waals surface area contributed by atoms with Gasteiger partial charge in [0.15, 0.2) is 0 Å². The molecule has 1 saturated carbocycles. The molecule has 5 rings (SSSR count). The third-order valence-electron chi connectivity index (χ3n) is 7.49. The maximum atomic E-state index is 13.0. The molecule has 6 nitrogen and oxygen atoms in total. The van der Waals surface area contributed by atoms with Crippen LogP contribution in [0.1, 0.15) is 29.5 Å². The van der Waals surface area contributed by atoms with Crippen LogP contribution >= 0.6 is 0 Å². The highest BCUT2D eigenvalue weighted by Crippen LogP contribution is 2.50. The van der Waals surface area contributed by atoms with E-state index in [0.29, 0.717) is 17.1 Å². The first kappa shape index (κ1) is 21.6. The van der Waals surface area contributed by atoms with Gasteiger partial charge in [-0.05, 0) is 54.2 Å². The molecule has 2 bridgehead atoms. The summed E-state index contributed by atoms with van der Waals surface area (Å²) in [6, 6.07) is 6.49. The molecule has 1 aromatic rings. The van der Waals surface area contributed by atoms with Gasteiger partial charge in [-0.2, -0.15) is 30.6 Å². The Balaban J connectivity index is 1.39. The summed E-state index contributed by atoms with van der Waals surface area (Å²) in [5.74, 6) is 0.0160. The van der Waals surface area contributed by atoms with E-state index >= 15 is 0 Å². The number of rotatable bonds is 3. The molecule has 0 aromatic heterocycles. The Kier molecular flexibility index (Phi) is 5.37. The van der Waals surface area contributed by atoms with Crippen LogP contribution in [0.3, 0.4) is 0 Å². The number of morpholine rings is 1. The number of hydrogen-bond donors (Lipinski definition) is 1. The average Bonchev–Trinajstić information content (AvgIpc) is 3.07. The molecule has 0 unspecified atom stereocenters. The van der Waals surface area contributed by atoms with Gasteiger partial charge < -0.3 is 4.74 Å². The Labute approximate surface area is 180 Å². The van der Waals surface area contributed by atoms with Crippen LogP contribution in [-0.4, -0.2) is 68.7 Å². The van der Waals surface area contributed by atoms with E-state index < -0.39 is 28.5 Å². The summed E-state index contributed by atoms with van der Waals surface area (Å²) in [6.45, 7) is 2.61. The number of fused-ring (bicyclic) bond motifs is 1. The second-order valence-electron chi connectivity index (χ2n) is 9.40. The van der Waals surface area contributed by atoms with Gasteiger partial charge in [-0.3, -0.25) is 4.90 Å². The van der Waals surface area contributed by atoms with Crippen molar-refractivity contribution in [1.29, 1.82) is 0 Å². The standard InChI is InChI=1S/C21H28F3N3O3S/c22-21(23,24)14-27-13-20(25-31(27,28)29)18-3-4-19(20)11-17-9-15(1-2-16(17)10-18)12-26-5-7-30-8-6-26/h1-2,9,18-19,25H,3-8,10-14H2/t18-,19+,20-/m1/s1. The Morgan fingerprint density at radius 3 is 2.45 bits per heavy atom. The van der Waals surface area contributed by atoms with Gasteiger partial charge in [-0.1, -0.05) is 18.2 Å². The monoisotopic (exact) mass is 459 g/mol. The van der Waals surface area contributed by atoms with E-state index in [0.717, 1.165) is 45.7 Å². The average molecular weight is 460 g/mol. The second kappa shape index (κ2) is 7.69. The summed E-state index contributed by atoms with van der Waals surface area (Å²) in [4.78, 5) is 2.36. The molecule has 3 atom stereocenters. The van der Waals surface area contributed by atoms with E-state index in [1.807, 2.05) is 0 Å². The van der Waals surface area contributed by atoms with E-state index in [-0.39, 0.29) is 18.4 Å². The van der Waals surface area contributed by atoms with Crippen LogP contribution in [0.4, 0.5) is 13.2 Å². The van der Waals surface area contributed by atoms with E-state index in [2.05, 4.69) is 27.8 Å². The van der Waals surface area contributed by atoms with Gasteiger partial charge in [-0.25, -0.2) is 0 Å². The van der Waals surface area contributed by atoms with Crippen molar-refractivity contribution in [2.45, 2.75) is 43.9 Å². The van der Waals surface area contributed by atoms with Gasteiger partial charge in [0.1, 0.15) is 6.54 Å². The van der Waals surface area contributed by atoms with Crippen molar-refractivity contribution in [1.82, 2.24) is 13.9 Å². The molecule has 172 valence electrons. The van der Waals surface area contributed by atoms with Crippen molar-refractivity contribution in [3.8, 4) is 0 Å². The molecule has 2 heterocycles. The lowest BCUT2D eigenvalue weighted by Crippen LogP contribution is -2.52. The summed E-state index contributed by atoms with van der Waals surface area (Å²) < 4.78 is 72.9. The minimum absolute atomic E-state index is 0.00500. The van der Waals surface area contributed by atoms with Crippen LogP contribution in [0.2, 0.25) is 0 Å². The first-order chi connectivity index (χ1) is 14.6. The largest absolute Gasteiger partial charge is 0.402 e. The third-order valence-corrected chi connectivity index (χ3v) is 9.06. The molecule has 10 heteroatoms. The maximum Gasteiger partial charge on any atom is 0.402 e. The minimum atomic E-state index is -4.55. The number of hydrogen-bond acceptors (Lipinski definition) is 4. The SMILES string of the molecule is O=S1(=O)N[C@]2(CN1CC(F)(F)F)[C@@H]1CC[C@H]2Cc2cc(CN3CCOCC3)ccc2C1. The number of nitrogens with zero attached hydrogens (tertiary/aromatic N) is 2. The molecule has 2 saturated heterocycles. The first-order valence-corrected chi connectivity index (χ1v) is 12.4. The van der Waals surface area contributed by atoms with Crippen molar-refractivity contribution in [2.24, 2.45) is 11.8 Å². The highest BCUT2D eigenvalue weighted by molar-refractivity contribution is 7.87. The quantitative estimate of drug-likeness (QED) is 0.752. The van der Waals surface area contributed by atoms with Crippen molar-refractivity contribution < 1.29 is 26.3 Å². The summed E-state index contributed by atoms with van der Waals surface area (Å²) in [6.07, 6.45) is -1.49. The normalized spacial score (nSPS) is 33.5. The van der Waals surface area contributed by atoms with Gasteiger partial charge in [0, 0.05) is 26.2 Å². The summed E-state index contributed by atoms with van der Waals surface area (Å²) in [5.41, 5.74) is 2.82. The smallest absolute Gasteiger partial charge is 0.379 e. The van der Waals surface area contributed by atoms with Crippen LogP contribution in [0.5, 0.6) is 0 Å². The molecule has 0 radical (unpaired) electrons. The van der Waals surface area contributed by atoms with Crippen LogP contribution in [-0.2, 0) is 34.3 Å². The lowest BCUT2D eigenvalue weighted by atomic mass is 9.79. The van der Waals surface area contributed by atoms with Gasteiger partial charge in [0.25, 0.3) is 10.2 Å². The highest BCUT2D eigenvalue weighted by Gasteiger charge is 2.60. The topological polar surface area (TPSA) is 61.9 Å². The van der Waals surface area contributed by atoms with Crippen LogP contribution < -0.4 is 4.72 Å². The third kappa shape index (κ3) is 4.13. The van der Waals surface area contributed by atoms with Crippen molar-refractivity contribution in [2.75, 3.05) is 39.4 Å². The molecule has 1 spiro atoms. The minimum Gasteiger partial charge on any atom is -0.379 e. The van der Waals surface area contributed by atoms with Crippen LogP contribution in [0.25, 0.3) is 0 Å². The molecule has 1 N–H and O–H groups in total. The number of benzene rings is 1. The van der Waals surface area contributed by atoms with E-state index in [9.17, 15) is 21.6 Å². The number of ether oxygens (including phenoxy) is 1. The lowest BCUT2D eigenvalue weighted by molar-refractivity contribution is -0.136. The lowest BCUT2D eigenvalue weighted by Gasteiger charge is -2.33. The van der Waals surface area contributed by atoms with Gasteiger partial charge in [-0.15, -0.1) is 0 Å². The summed E-state index contributed by atoms with van der Waals surface area (Å²) in [7, 11) is -4.14. The molecular weight excluding hydrogens is 431 g/mol. The number of alkyl halides is 3. The number of halogens is 3. The Hall–Kier alpha value is -1.20. The molecule has 2 aliphatic heterocycles. The maximum absolute atomic E-state index is 13.0. The molecule has 4 aliphatic rings. The van der Waals surface area contributed by atoms with Crippen molar-refractivity contribution in [3.63, 3.8) is 0 Å². The zero-order valence-corrected chi connectivity index (χ0v) is 18.1. The molecular formula is C21H28F3N3O3S. The Morgan fingerprint density at radius 2 is 1.77 bits per heavy atom. The van der Waals surface area contributed by atoms with Crippen LogP contribution in [0.15, 0.2) is 18.2 Å². The fraction of sp³-hybridized carbons (Fsp3) is 0.714. The van der Waals surface area contributed by atoms with Gasteiger partial charge in [0.2, 0.25) is 0 Å². The molecule has 0 amide bonds. The zero-order chi connectivity index (χ0) is 21.9. The Morgan fingerprint density at radius 1 is 1.10 bits per heavy atom. The molecule has 31 heavy (non-hydrogen) atoms. The van der Waals surface area contributed by atoms with E-state index in [4.69, 9.17) is 4.74 Å². The molecule has 3 fully saturated rings. The highest BCUT2D eigenvalue weighted by atomic mass is 32.2. The Bertz CT molecular complexity index is 949. The van der Waals surface area contributed by atoms with Crippen LogP contribution in [0, 0.1) is 11.8 Å². The van der Waals surface area contributed by atoms with Crippen molar-refractivity contribution in [3.05, 3.63) is 34.9 Å². The molecule has 1 aromatic carbocycles. The number of nitrogens with one attached hydrogen (secondary N) is 1. The zero-order valence-electron chi connectivity index (χ0n) is 17.3. The van der Waals surface area contributed by atoms with E-state index in [1.54, 1.807) is 0 Å². The predicted molar refractivity (Wildman–Crippen MR) is 109 cm³/mol. The van der Waals surface area contributed by atoms with E-state index in [1.165, 1.54) is 16.7 Å². The second-order valence-corrected chi connectivity index (χ2v) is 11.1. The predicted octanol–water partition coefficient (Wildman–Crippen LogP) is 2.09. The fourth-order valence-electron chi connectivity index (χ4n) is 6.01. The first-order valence-electron chi connectivity index (χ1n) is 10.9. The summed E-state index contributed by atoms with van der Waals surface area (Å²) in [5, 5.41) is 0. The van der Waals surface area contributed by atoms with Gasteiger partial charge >= 0.3 is 6.18 Å².